The molecule has 0 aliphatic carbocycles. The van der Waals surface area contributed by atoms with Gasteiger partial charge in [0.05, 0.1) is 7.11 Å². The SMILES string of the molecule is COc1ccc([C@@H]2[C@@H]3CN(C(=O)c4scc5c4OCCO5)C[C@@H]3CN2C)cc1.Cl. The van der Waals surface area contributed by atoms with Crippen LogP contribution in [0.2, 0.25) is 0 Å². The number of rotatable bonds is 3. The summed E-state index contributed by atoms with van der Waals surface area (Å²) in [5.41, 5.74) is 1.29. The fourth-order valence-corrected chi connectivity index (χ4v) is 5.78. The minimum absolute atomic E-state index is 0. The number of hydrogen-bond donors (Lipinski definition) is 0. The molecule has 8 heteroatoms. The van der Waals surface area contributed by atoms with E-state index in [1.165, 1.54) is 16.9 Å². The molecule has 1 aromatic heterocycles. The Morgan fingerprint density at radius 2 is 1.90 bits per heavy atom. The van der Waals surface area contributed by atoms with Gasteiger partial charge in [-0.15, -0.1) is 23.7 Å². The average molecular weight is 437 g/mol. The van der Waals surface area contributed by atoms with Gasteiger partial charge in [-0.1, -0.05) is 12.1 Å². The lowest BCUT2D eigenvalue weighted by atomic mass is 9.89. The number of hydrogen-bond acceptors (Lipinski definition) is 6. The van der Waals surface area contributed by atoms with Gasteiger partial charge in [-0.2, -0.15) is 0 Å². The van der Waals surface area contributed by atoms with Crippen LogP contribution >= 0.6 is 23.7 Å². The van der Waals surface area contributed by atoms with E-state index in [1.54, 1.807) is 7.11 Å². The van der Waals surface area contributed by atoms with Gasteiger partial charge in [0, 0.05) is 37.0 Å². The number of likely N-dealkylation sites (tertiary alicyclic amines) is 2. The molecule has 156 valence electrons. The maximum atomic E-state index is 13.2. The molecule has 0 bridgehead atoms. The molecule has 6 nitrogen and oxygen atoms in total. The molecule has 29 heavy (non-hydrogen) atoms. The van der Waals surface area contributed by atoms with Crippen LogP contribution in [0.1, 0.15) is 21.3 Å². The summed E-state index contributed by atoms with van der Waals surface area (Å²) < 4.78 is 16.6. The molecule has 0 spiro atoms. The van der Waals surface area contributed by atoms with Gasteiger partial charge in [0.25, 0.3) is 5.91 Å². The number of carbonyl (C=O) groups excluding carboxylic acids is 1. The predicted molar refractivity (Wildman–Crippen MR) is 114 cm³/mol. The number of amides is 1. The predicted octanol–water partition coefficient (Wildman–Crippen LogP) is 3.32. The lowest BCUT2D eigenvalue weighted by molar-refractivity contribution is 0.0764. The highest BCUT2D eigenvalue weighted by Crippen LogP contribution is 2.46. The molecule has 1 amide bonds. The number of benzene rings is 1. The Hall–Kier alpha value is -1.96. The van der Waals surface area contributed by atoms with Crippen molar-refractivity contribution in [3.8, 4) is 17.2 Å². The van der Waals surface area contributed by atoms with Gasteiger partial charge in [0.1, 0.15) is 23.8 Å². The summed E-state index contributed by atoms with van der Waals surface area (Å²) in [6.45, 7) is 3.63. The fourth-order valence-electron chi connectivity index (χ4n) is 4.88. The number of ether oxygens (including phenoxy) is 3. The van der Waals surface area contributed by atoms with Crippen molar-refractivity contribution in [3.05, 3.63) is 40.1 Å². The van der Waals surface area contributed by atoms with Gasteiger partial charge in [0.15, 0.2) is 11.5 Å². The first-order valence-electron chi connectivity index (χ1n) is 9.66. The number of thiophene rings is 1. The van der Waals surface area contributed by atoms with E-state index >= 15 is 0 Å². The molecule has 0 saturated carbocycles. The van der Waals surface area contributed by atoms with Crippen molar-refractivity contribution >= 4 is 29.7 Å². The topological polar surface area (TPSA) is 51.2 Å². The van der Waals surface area contributed by atoms with Gasteiger partial charge < -0.3 is 19.1 Å². The van der Waals surface area contributed by atoms with E-state index in [1.807, 2.05) is 22.4 Å². The third-order valence-electron chi connectivity index (χ3n) is 6.13. The second kappa shape index (κ2) is 8.05. The molecule has 2 aromatic rings. The molecule has 2 saturated heterocycles. The Morgan fingerprint density at radius 1 is 1.14 bits per heavy atom. The maximum Gasteiger partial charge on any atom is 0.267 e. The third-order valence-corrected chi connectivity index (χ3v) is 7.06. The second-order valence-corrected chi connectivity index (χ2v) is 8.63. The van der Waals surface area contributed by atoms with Crippen molar-refractivity contribution in [2.45, 2.75) is 6.04 Å². The summed E-state index contributed by atoms with van der Waals surface area (Å²) in [4.78, 5) is 18.3. The minimum atomic E-state index is 0. The summed E-state index contributed by atoms with van der Waals surface area (Å²) >= 11 is 1.42. The Morgan fingerprint density at radius 3 is 2.66 bits per heavy atom. The number of nitrogens with zero attached hydrogens (tertiary/aromatic N) is 2. The molecular formula is C21H25ClN2O4S. The zero-order chi connectivity index (χ0) is 19.3. The quantitative estimate of drug-likeness (QED) is 0.738. The van der Waals surface area contributed by atoms with E-state index in [0.717, 1.165) is 25.4 Å². The molecule has 3 atom stereocenters. The van der Waals surface area contributed by atoms with Gasteiger partial charge in [0.2, 0.25) is 0 Å². The van der Waals surface area contributed by atoms with Crippen LogP contribution in [-0.4, -0.2) is 62.7 Å². The van der Waals surface area contributed by atoms with Crippen LogP contribution in [0.3, 0.4) is 0 Å². The van der Waals surface area contributed by atoms with Crippen LogP contribution in [0.5, 0.6) is 17.2 Å². The molecule has 0 unspecified atom stereocenters. The molecule has 0 N–H and O–H groups in total. The van der Waals surface area contributed by atoms with Crippen LogP contribution in [0.4, 0.5) is 0 Å². The number of carbonyl (C=O) groups is 1. The lowest BCUT2D eigenvalue weighted by Crippen LogP contribution is -2.33. The number of methoxy groups -OCH3 is 1. The molecule has 0 radical (unpaired) electrons. The zero-order valence-electron chi connectivity index (χ0n) is 16.5. The molecule has 3 aliphatic heterocycles. The molecule has 2 fully saturated rings. The van der Waals surface area contributed by atoms with Crippen molar-refractivity contribution < 1.29 is 19.0 Å². The van der Waals surface area contributed by atoms with E-state index in [2.05, 4.69) is 24.1 Å². The molecule has 4 heterocycles. The van der Waals surface area contributed by atoms with Crippen molar-refractivity contribution in [2.75, 3.05) is 47.0 Å². The molecular weight excluding hydrogens is 412 g/mol. The Labute approximate surface area is 180 Å². The Bertz CT molecular complexity index is 887. The lowest BCUT2D eigenvalue weighted by Gasteiger charge is -2.27. The first kappa shape index (κ1) is 20.3. The second-order valence-electron chi connectivity index (χ2n) is 7.75. The largest absolute Gasteiger partial charge is 0.497 e. The van der Waals surface area contributed by atoms with Crippen LogP contribution in [0.15, 0.2) is 29.6 Å². The van der Waals surface area contributed by atoms with Crippen molar-refractivity contribution in [3.63, 3.8) is 0 Å². The van der Waals surface area contributed by atoms with Crippen molar-refractivity contribution in [2.24, 2.45) is 11.8 Å². The van der Waals surface area contributed by atoms with Crippen molar-refractivity contribution in [1.29, 1.82) is 0 Å². The summed E-state index contributed by atoms with van der Waals surface area (Å²) in [5, 5.41) is 1.88. The van der Waals surface area contributed by atoms with E-state index in [-0.39, 0.29) is 18.3 Å². The van der Waals surface area contributed by atoms with Gasteiger partial charge in [-0.3, -0.25) is 9.69 Å². The highest BCUT2D eigenvalue weighted by molar-refractivity contribution is 7.12. The first-order valence-corrected chi connectivity index (χ1v) is 10.5. The van der Waals surface area contributed by atoms with E-state index < -0.39 is 0 Å². The summed E-state index contributed by atoms with van der Waals surface area (Å²) in [6, 6.07) is 8.65. The molecule has 1 aromatic carbocycles. The molecule has 5 rings (SSSR count). The first-order chi connectivity index (χ1) is 13.7. The summed E-state index contributed by atoms with van der Waals surface area (Å²) in [5.74, 6) is 3.21. The normalized spacial score (nSPS) is 25.4. The average Bonchev–Trinajstić information content (AvgIpc) is 3.40. The zero-order valence-corrected chi connectivity index (χ0v) is 18.1. The summed E-state index contributed by atoms with van der Waals surface area (Å²) in [7, 11) is 3.87. The smallest absolute Gasteiger partial charge is 0.267 e. The Balaban J connectivity index is 0.00000205. The van der Waals surface area contributed by atoms with Crippen LogP contribution in [0.25, 0.3) is 0 Å². The standard InChI is InChI=1S/C21H24N2O4S.ClH/c1-22-9-14-10-23(21(24)20-19-17(12-28-20)26-7-8-27-19)11-16(14)18(22)13-3-5-15(25-2)6-4-13;/h3-6,12,14,16,18H,7-11H2,1-2H3;1H/t14-,16+,18+;/m0./s1. The van der Waals surface area contributed by atoms with E-state index in [0.29, 0.717) is 47.5 Å². The van der Waals surface area contributed by atoms with Crippen molar-refractivity contribution in [1.82, 2.24) is 9.80 Å². The fraction of sp³-hybridized carbons (Fsp3) is 0.476. The highest BCUT2D eigenvalue weighted by atomic mass is 35.5. The van der Waals surface area contributed by atoms with Crippen LogP contribution in [-0.2, 0) is 0 Å². The van der Waals surface area contributed by atoms with Crippen LogP contribution in [0, 0.1) is 11.8 Å². The van der Waals surface area contributed by atoms with Gasteiger partial charge in [-0.25, -0.2) is 0 Å². The third kappa shape index (κ3) is 3.45. The Kier molecular flexibility index (Phi) is 5.64. The van der Waals surface area contributed by atoms with Crippen LogP contribution < -0.4 is 14.2 Å². The highest BCUT2D eigenvalue weighted by Gasteiger charge is 2.47. The monoisotopic (exact) mass is 436 g/mol. The van der Waals surface area contributed by atoms with E-state index in [4.69, 9.17) is 14.2 Å². The number of fused-ring (bicyclic) bond motifs is 2. The summed E-state index contributed by atoms with van der Waals surface area (Å²) in [6.07, 6.45) is 0. The van der Waals surface area contributed by atoms with E-state index in [9.17, 15) is 4.79 Å². The number of halogens is 1. The van der Waals surface area contributed by atoms with Gasteiger partial charge in [-0.05, 0) is 30.7 Å². The maximum absolute atomic E-state index is 13.2. The minimum Gasteiger partial charge on any atom is -0.497 e. The van der Waals surface area contributed by atoms with Gasteiger partial charge >= 0.3 is 0 Å². The molecule has 3 aliphatic rings.